The second-order valence-electron chi connectivity index (χ2n) is 5.03. The third kappa shape index (κ3) is 77.6. The van der Waals surface area contributed by atoms with Crippen molar-refractivity contribution in [2.45, 2.75) is 14.9 Å². The van der Waals surface area contributed by atoms with Crippen LogP contribution in [0.1, 0.15) is 14.9 Å². The second kappa shape index (κ2) is 57.8. The molecule has 0 aromatic heterocycles. The fraction of sp³-hybridized carbons (Fsp3) is 0.0667. The van der Waals surface area contributed by atoms with Crippen molar-refractivity contribution in [1.82, 2.24) is 0 Å². The topological polar surface area (TPSA) is 164 Å². The third-order valence-corrected chi connectivity index (χ3v) is 2.67. The van der Waals surface area contributed by atoms with E-state index in [1.54, 1.807) is 0 Å². The highest BCUT2D eigenvalue weighted by Crippen LogP contribution is 1.81. The Morgan fingerprint density at radius 2 is 0.263 bits per heavy atom. The summed E-state index contributed by atoms with van der Waals surface area (Å²) in [6, 6.07) is 48.0. The Morgan fingerprint density at radius 1 is 0.237 bits per heavy atom. The van der Waals surface area contributed by atoms with Gasteiger partial charge in [-0.25, -0.2) is 40.8 Å². The van der Waals surface area contributed by atoms with Crippen molar-refractivity contribution in [3.8, 4) is 0 Å². The number of isocyanates is 4. The molecule has 8 heteroatoms. The first-order valence-corrected chi connectivity index (χ1v) is 9.82. The number of benzene rings is 4. The second-order valence-corrected chi connectivity index (χ2v) is 5.03. The van der Waals surface area contributed by atoms with Crippen LogP contribution in [-0.2, 0) is 19.2 Å². The van der Waals surface area contributed by atoms with E-state index in [2.05, 4.69) is 0 Å². The molecule has 0 amide bonds. The Morgan fingerprint density at radius 3 is 0.289 bits per heavy atom. The van der Waals surface area contributed by atoms with Gasteiger partial charge >= 0.3 is 0 Å². The molecule has 200 valence electrons. The Balaban J connectivity index is -0.0000000783. The van der Waals surface area contributed by atoms with Gasteiger partial charge in [0.15, 0.2) is 0 Å². The summed E-state index contributed by atoms with van der Waals surface area (Å²) in [6.45, 7) is 0. The van der Waals surface area contributed by atoms with Crippen molar-refractivity contribution in [3.05, 3.63) is 146 Å². The lowest BCUT2D eigenvalue weighted by atomic mass is 10.4. The maximum absolute atomic E-state index is 8.35. The monoisotopic (exact) mass is 516 g/mol. The molecule has 0 aliphatic heterocycles. The van der Waals surface area contributed by atoms with Crippen molar-refractivity contribution in [2.24, 2.45) is 0 Å². The predicted molar refractivity (Wildman–Crippen MR) is 153 cm³/mol. The van der Waals surface area contributed by atoms with Crippen LogP contribution < -0.4 is 0 Å². The smallest absolute Gasteiger partial charge is 0.222 e. The van der Waals surface area contributed by atoms with E-state index in [4.69, 9.17) is 40.8 Å². The minimum Gasteiger partial charge on any atom is -0.222 e. The van der Waals surface area contributed by atoms with Gasteiger partial charge in [-0.3, -0.25) is 0 Å². The van der Waals surface area contributed by atoms with Gasteiger partial charge in [0.1, 0.15) is 0 Å². The Labute approximate surface area is 225 Å². The summed E-state index contributed by atoms with van der Waals surface area (Å²) in [5.74, 6) is 0. The van der Waals surface area contributed by atoms with Crippen molar-refractivity contribution in [1.29, 1.82) is 21.6 Å². The van der Waals surface area contributed by atoms with Crippen molar-refractivity contribution in [3.63, 3.8) is 0 Å². The summed E-state index contributed by atoms with van der Waals surface area (Å²) < 4.78 is 0. The minimum absolute atomic E-state index is 0. The van der Waals surface area contributed by atoms with Crippen LogP contribution in [0.5, 0.6) is 0 Å². The zero-order chi connectivity index (χ0) is 27.8. The number of hydrogen-bond acceptors (Lipinski definition) is 8. The first kappa shape index (κ1) is 45.8. The van der Waals surface area contributed by atoms with Gasteiger partial charge in [-0.1, -0.05) is 160 Å². The van der Waals surface area contributed by atoms with Gasteiger partial charge in [0.05, 0.1) is 0 Å². The maximum atomic E-state index is 8.35. The van der Waals surface area contributed by atoms with Crippen LogP contribution in [0.15, 0.2) is 146 Å². The fourth-order valence-electron chi connectivity index (χ4n) is 1.54. The number of carbonyl (C=O) groups excluding carboxylic acids is 4. The molecule has 38 heavy (non-hydrogen) atoms. The van der Waals surface area contributed by atoms with Gasteiger partial charge in [-0.15, -0.1) is 0 Å². The van der Waals surface area contributed by atoms with Gasteiger partial charge in [-0.2, -0.15) is 0 Å². The number of nitrogens with one attached hydrogen (secondary N) is 4. The molecular weight excluding hydrogens is 480 g/mol. The summed E-state index contributed by atoms with van der Waals surface area (Å²) >= 11 is 0. The molecule has 0 aliphatic rings. The van der Waals surface area contributed by atoms with Crippen LogP contribution in [0, 0.1) is 21.6 Å². The molecule has 4 rings (SSSR count). The fourth-order valence-corrected chi connectivity index (χ4v) is 1.54. The molecule has 4 aromatic carbocycles. The highest BCUT2D eigenvalue weighted by molar-refractivity contribution is 5.27. The molecule has 0 heterocycles. The standard InChI is InChI=1S/4C6H6.4CHNO.2CH4/c4*1-2-4-6-5-3-1;4*2-1-3;;/h4*1-6H;4*2H;2*1H4. The molecule has 0 spiro atoms. The summed E-state index contributed by atoms with van der Waals surface area (Å²) in [7, 11) is 0. The van der Waals surface area contributed by atoms with Crippen LogP contribution in [0.3, 0.4) is 0 Å². The maximum Gasteiger partial charge on any atom is 0.231 e. The number of hydrogen-bond donors (Lipinski definition) is 4. The Bertz CT molecular complexity index is 730. The largest absolute Gasteiger partial charge is 0.231 e. The molecule has 8 nitrogen and oxygen atoms in total. The highest BCUT2D eigenvalue weighted by Gasteiger charge is 1.59. The Kier molecular flexibility index (Phi) is 69.8. The molecule has 0 radical (unpaired) electrons. The van der Waals surface area contributed by atoms with E-state index in [-0.39, 0.29) is 14.9 Å². The van der Waals surface area contributed by atoms with Gasteiger partial charge < -0.3 is 0 Å². The molecule has 0 atom stereocenters. The SMILES string of the molecule is C.C.N=C=O.N=C=O.N=C=O.N=C=O.c1ccccc1.c1ccccc1.c1ccccc1.c1ccccc1. The van der Waals surface area contributed by atoms with E-state index in [9.17, 15) is 0 Å². The molecule has 0 bridgehead atoms. The molecule has 0 fully saturated rings. The van der Waals surface area contributed by atoms with Crippen LogP contribution in [0.4, 0.5) is 0 Å². The van der Waals surface area contributed by atoms with Gasteiger partial charge in [0.2, 0.25) is 24.3 Å². The Hall–Kier alpha value is -5.60. The lowest BCUT2D eigenvalue weighted by Crippen LogP contribution is -1.47. The summed E-state index contributed by atoms with van der Waals surface area (Å²) in [5, 5.41) is 21.6. The summed E-state index contributed by atoms with van der Waals surface area (Å²) in [5.41, 5.74) is 0. The van der Waals surface area contributed by atoms with E-state index in [0.29, 0.717) is 0 Å². The van der Waals surface area contributed by atoms with Crippen LogP contribution in [0.25, 0.3) is 0 Å². The van der Waals surface area contributed by atoms with E-state index in [1.807, 2.05) is 146 Å². The zero-order valence-corrected chi connectivity index (χ0v) is 19.5. The van der Waals surface area contributed by atoms with Crippen molar-refractivity contribution in [2.75, 3.05) is 0 Å². The van der Waals surface area contributed by atoms with E-state index < -0.39 is 0 Å². The van der Waals surface area contributed by atoms with Crippen molar-refractivity contribution < 1.29 is 19.2 Å². The van der Waals surface area contributed by atoms with Crippen LogP contribution >= 0.6 is 0 Å². The quantitative estimate of drug-likeness (QED) is 0.139. The van der Waals surface area contributed by atoms with Gasteiger partial charge in [0, 0.05) is 0 Å². The molecular formula is C30H36N4O4. The lowest BCUT2D eigenvalue weighted by molar-refractivity contribution is 0.562. The highest BCUT2D eigenvalue weighted by atomic mass is 16.1. The lowest BCUT2D eigenvalue weighted by Gasteiger charge is -1.69. The van der Waals surface area contributed by atoms with Gasteiger partial charge in [0.25, 0.3) is 0 Å². The molecule has 0 saturated carbocycles. The van der Waals surface area contributed by atoms with Crippen LogP contribution in [-0.4, -0.2) is 24.3 Å². The minimum atomic E-state index is 0. The molecule has 4 aromatic rings. The molecule has 0 saturated heterocycles. The first-order chi connectivity index (χ1) is 17.7. The predicted octanol–water partition coefficient (Wildman–Crippen LogP) is 7.62. The zero-order valence-electron chi connectivity index (χ0n) is 19.5. The average Bonchev–Trinajstić information content (AvgIpc) is 2.95. The average molecular weight is 517 g/mol. The van der Waals surface area contributed by atoms with E-state index in [0.717, 1.165) is 24.3 Å². The first-order valence-electron chi connectivity index (χ1n) is 9.82. The molecule has 4 N–H and O–H groups in total. The summed E-state index contributed by atoms with van der Waals surface area (Å²) in [4.78, 5) is 33.4. The third-order valence-electron chi connectivity index (χ3n) is 2.67. The van der Waals surface area contributed by atoms with E-state index in [1.165, 1.54) is 0 Å². The van der Waals surface area contributed by atoms with Crippen molar-refractivity contribution >= 4 is 24.3 Å². The van der Waals surface area contributed by atoms with Crippen LogP contribution in [0.2, 0.25) is 0 Å². The normalized spacial score (nSPS) is 5.89. The number of rotatable bonds is 0. The molecule has 0 unspecified atom stereocenters. The van der Waals surface area contributed by atoms with Gasteiger partial charge in [-0.05, 0) is 0 Å². The van der Waals surface area contributed by atoms with E-state index >= 15 is 0 Å². The molecule has 0 aliphatic carbocycles. The summed E-state index contributed by atoms with van der Waals surface area (Å²) in [6.07, 6.45) is 3.00.